The quantitative estimate of drug-likeness (QED) is 0.0660. The number of hydrogen-bond donors (Lipinski definition) is 8. The van der Waals surface area contributed by atoms with E-state index >= 15 is 0 Å². The van der Waals surface area contributed by atoms with Gasteiger partial charge in [-0.15, -0.1) is 0 Å². The molecule has 0 unspecified atom stereocenters. The molecule has 0 aromatic heterocycles. The van der Waals surface area contributed by atoms with Crippen LogP contribution in [0.1, 0.15) is 37.8 Å². The second kappa shape index (κ2) is 20.1. The van der Waals surface area contributed by atoms with E-state index in [1.165, 1.54) is 61.9 Å². The van der Waals surface area contributed by atoms with Crippen LogP contribution in [0, 0.1) is 0 Å². The van der Waals surface area contributed by atoms with Crippen LogP contribution in [-0.4, -0.2) is 178 Å². The first-order valence-corrected chi connectivity index (χ1v) is 19.9. The van der Waals surface area contributed by atoms with E-state index in [-0.39, 0.29) is 79.4 Å². The molecule has 1 saturated heterocycles. The smallest absolute Gasteiger partial charge is 0.339 e. The Kier molecular flexibility index (Phi) is 15.0. The molecule has 10 atom stereocenters. The van der Waals surface area contributed by atoms with Gasteiger partial charge in [0, 0.05) is 33.0 Å². The molecule has 2 aliphatic heterocycles. The third-order valence-electron chi connectivity index (χ3n) is 11.5. The number of carbonyl (C=O) groups excluding carboxylic acids is 2. The van der Waals surface area contributed by atoms with Crippen molar-refractivity contribution in [3.63, 3.8) is 0 Å². The summed E-state index contributed by atoms with van der Waals surface area (Å²) in [6.45, 7) is -1.79. The number of esters is 2. The Morgan fingerprint density at radius 3 is 1.83 bits per heavy atom. The van der Waals surface area contributed by atoms with Gasteiger partial charge in [0.05, 0.1) is 87.1 Å². The summed E-state index contributed by atoms with van der Waals surface area (Å²) in [6, 6.07) is 9.20. The summed E-state index contributed by atoms with van der Waals surface area (Å²) in [6.07, 6.45) is -16.7. The fourth-order valence-corrected chi connectivity index (χ4v) is 8.43. The van der Waals surface area contributed by atoms with Gasteiger partial charge in [-0.25, -0.2) is 9.59 Å². The van der Waals surface area contributed by atoms with Gasteiger partial charge >= 0.3 is 11.9 Å². The molecule has 6 rings (SSSR count). The van der Waals surface area contributed by atoms with E-state index < -0.39 is 86.2 Å². The maximum absolute atomic E-state index is 15.0. The van der Waals surface area contributed by atoms with E-state index in [1.54, 1.807) is 24.3 Å². The lowest BCUT2D eigenvalue weighted by molar-refractivity contribution is -0.277. The summed E-state index contributed by atoms with van der Waals surface area (Å²) in [5.41, 5.74) is -1.12. The second-order valence-electron chi connectivity index (χ2n) is 14.8. The molecule has 1 fully saturated rings. The molecule has 354 valence electrons. The number of ether oxygens (including phenoxy) is 11. The lowest BCUT2D eigenvalue weighted by Gasteiger charge is -2.41. The molecular formula is C44H52O21. The largest absolute Gasteiger partial charge is 0.496 e. The number of aliphatic hydroxyl groups excluding tert-OH is 8. The average Bonchev–Trinajstić information content (AvgIpc) is 3.33. The summed E-state index contributed by atoms with van der Waals surface area (Å²) in [5.74, 6) is -4.53. The third-order valence-corrected chi connectivity index (χ3v) is 11.5. The van der Waals surface area contributed by atoms with Gasteiger partial charge in [0.1, 0.15) is 60.3 Å². The molecule has 65 heavy (non-hydrogen) atoms. The van der Waals surface area contributed by atoms with Crippen LogP contribution in [0.2, 0.25) is 0 Å². The van der Waals surface area contributed by atoms with Crippen LogP contribution in [0.15, 0.2) is 36.4 Å². The van der Waals surface area contributed by atoms with Crippen LogP contribution in [0.3, 0.4) is 0 Å². The Morgan fingerprint density at radius 1 is 0.677 bits per heavy atom. The molecule has 0 aliphatic carbocycles. The highest BCUT2D eigenvalue weighted by Gasteiger charge is 2.51. The molecule has 0 spiro atoms. The highest BCUT2D eigenvalue weighted by atomic mass is 16.7. The van der Waals surface area contributed by atoms with E-state index in [1.807, 2.05) is 0 Å². The normalized spacial score (nSPS) is 23.0. The van der Waals surface area contributed by atoms with Crippen LogP contribution >= 0.6 is 0 Å². The Morgan fingerprint density at radius 2 is 1.28 bits per heavy atom. The second-order valence-corrected chi connectivity index (χ2v) is 14.8. The predicted molar refractivity (Wildman–Crippen MR) is 224 cm³/mol. The zero-order valence-corrected chi connectivity index (χ0v) is 36.5. The summed E-state index contributed by atoms with van der Waals surface area (Å²) >= 11 is 0. The number of hydrogen-bond acceptors (Lipinski definition) is 21. The topological polar surface area (TPSA) is 298 Å². The minimum Gasteiger partial charge on any atom is -0.496 e. The van der Waals surface area contributed by atoms with Crippen molar-refractivity contribution in [1.82, 2.24) is 0 Å². The molecule has 4 aromatic rings. The molecular weight excluding hydrogens is 864 g/mol. The van der Waals surface area contributed by atoms with Gasteiger partial charge in [-0.05, 0) is 12.1 Å². The van der Waals surface area contributed by atoms with E-state index in [0.717, 1.165) is 7.11 Å². The van der Waals surface area contributed by atoms with E-state index in [2.05, 4.69) is 0 Å². The molecule has 2 heterocycles. The van der Waals surface area contributed by atoms with Crippen molar-refractivity contribution < 1.29 is 103 Å². The minimum atomic E-state index is -2.20. The molecule has 0 radical (unpaired) electrons. The first-order valence-electron chi connectivity index (χ1n) is 19.9. The van der Waals surface area contributed by atoms with Crippen molar-refractivity contribution in [3.05, 3.63) is 58.7 Å². The lowest BCUT2D eigenvalue weighted by atomic mass is 9.74. The summed E-state index contributed by atoms with van der Waals surface area (Å²) in [5, 5.41) is 86.6. The average molecular weight is 917 g/mol. The number of methoxy groups -OCH3 is 8. The van der Waals surface area contributed by atoms with Gasteiger partial charge in [0.2, 0.25) is 17.8 Å². The van der Waals surface area contributed by atoms with E-state index in [9.17, 15) is 50.4 Å². The Bertz CT molecular complexity index is 2380. The van der Waals surface area contributed by atoms with Crippen molar-refractivity contribution in [2.75, 3.05) is 70.1 Å². The predicted octanol–water partition coefficient (Wildman–Crippen LogP) is 0.278. The number of aliphatic hydroxyl groups is 8. The van der Waals surface area contributed by atoms with Crippen molar-refractivity contribution in [2.24, 2.45) is 0 Å². The number of cyclic esters (lactones) is 1. The summed E-state index contributed by atoms with van der Waals surface area (Å²) in [7, 11) is 10.1. The maximum atomic E-state index is 15.0. The molecule has 0 saturated carbocycles. The third kappa shape index (κ3) is 8.23. The summed E-state index contributed by atoms with van der Waals surface area (Å²) < 4.78 is 64.3. The van der Waals surface area contributed by atoms with Gasteiger partial charge in [-0.2, -0.15) is 0 Å². The molecule has 21 nitrogen and oxygen atoms in total. The molecule has 2 aliphatic rings. The monoisotopic (exact) mass is 916 g/mol. The van der Waals surface area contributed by atoms with Crippen LogP contribution in [-0.2, 0) is 14.2 Å². The zero-order chi connectivity index (χ0) is 47.6. The van der Waals surface area contributed by atoms with Gasteiger partial charge < -0.3 is 93.0 Å². The number of carbonyl (C=O) groups is 2. The van der Waals surface area contributed by atoms with Gasteiger partial charge in [-0.1, -0.05) is 24.3 Å². The fraction of sp³-hybridized carbons (Fsp3) is 0.455. The van der Waals surface area contributed by atoms with Crippen LogP contribution in [0.25, 0.3) is 21.9 Å². The summed E-state index contributed by atoms with van der Waals surface area (Å²) in [4.78, 5) is 28.8. The Hall–Kier alpha value is -5.88. The molecule has 0 bridgehead atoms. The van der Waals surface area contributed by atoms with Gasteiger partial charge in [0.25, 0.3) is 0 Å². The zero-order valence-electron chi connectivity index (χ0n) is 36.5. The molecule has 4 aromatic carbocycles. The first-order chi connectivity index (χ1) is 31.2. The van der Waals surface area contributed by atoms with E-state index in [0.29, 0.717) is 10.8 Å². The Labute approximate surface area is 371 Å². The molecule has 8 N–H and O–H groups in total. The number of benzene rings is 4. The van der Waals surface area contributed by atoms with Crippen molar-refractivity contribution >= 4 is 22.7 Å². The van der Waals surface area contributed by atoms with E-state index in [4.69, 9.17) is 52.1 Å². The fourth-order valence-electron chi connectivity index (χ4n) is 8.43. The van der Waals surface area contributed by atoms with Crippen molar-refractivity contribution in [2.45, 2.75) is 61.0 Å². The van der Waals surface area contributed by atoms with Crippen molar-refractivity contribution in [1.29, 1.82) is 0 Å². The highest BCUT2D eigenvalue weighted by Crippen LogP contribution is 2.60. The van der Waals surface area contributed by atoms with Gasteiger partial charge in [0.15, 0.2) is 23.0 Å². The minimum absolute atomic E-state index is 0.0122. The first kappa shape index (κ1) is 48.6. The van der Waals surface area contributed by atoms with Crippen LogP contribution in [0.4, 0.5) is 0 Å². The number of rotatable bonds is 17. The SMILES string of the molecule is COC(=O)c1cc(OC)c(OC)c(OC)c1-c1c(OC)c(OC)c(OC)c2c1C(=O)O[C@H]([C@@H](O)[C@H](O)[C@H](O)CO)[C@H]2c1cc(O[C@@H]2O[C@H](CO)[C@@H](O)[C@H](O)[C@H]2O)c2ccccc2c1OC. The van der Waals surface area contributed by atoms with Gasteiger partial charge in [-0.3, -0.25) is 0 Å². The van der Waals surface area contributed by atoms with Crippen molar-refractivity contribution in [3.8, 4) is 57.1 Å². The van der Waals surface area contributed by atoms with Crippen LogP contribution < -0.4 is 37.9 Å². The lowest BCUT2D eigenvalue weighted by Crippen LogP contribution is -2.60. The highest BCUT2D eigenvalue weighted by molar-refractivity contribution is 6.10. The molecule has 21 heteroatoms. The standard InChI is InChI=1S/C44H52O21/c1-55-23-14-20(42(53)62-8)26(38(58-4)36(23)57-3)28-29-27(39(59-5)41(61-7)40(28)60-6)25(37(65-43(29)54)33(51)30(48)21(47)15-45)19-13-22(17-11-9-10-12-18(17)35(19)56-2)63-44-34(52)32(50)31(49)24(16-46)64-44/h9-14,21,24-25,30-34,37,44-52H,15-16H2,1-8H3/t21-,24-,25+,30-,31-,32+,33+,34-,37+,44-/m1/s1. The Balaban J connectivity index is 1.82. The number of fused-ring (bicyclic) bond motifs is 2. The van der Waals surface area contributed by atoms with Crippen LogP contribution in [0.5, 0.6) is 46.0 Å². The molecule has 0 amide bonds. The maximum Gasteiger partial charge on any atom is 0.339 e.